The van der Waals surface area contributed by atoms with Gasteiger partial charge in [-0.2, -0.15) is 0 Å². The van der Waals surface area contributed by atoms with E-state index in [1.54, 1.807) is 23.1 Å². The molecular weight excluding hydrogens is 491 g/mol. The molecule has 1 N–H and O–H groups in total. The second-order valence-corrected chi connectivity index (χ2v) is 9.87. The molecule has 1 atom stereocenters. The fourth-order valence-corrected chi connectivity index (χ4v) is 4.58. The van der Waals surface area contributed by atoms with Crippen LogP contribution in [0.3, 0.4) is 0 Å². The number of halogens is 2. The average molecular weight is 526 g/mol. The van der Waals surface area contributed by atoms with E-state index >= 15 is 0 Å². The van der Waals surface area contributed by atoms with E-state index in [0.717, 1.165) is 24.0 Å². The van der Waals surface area contributed by atoms with Crippen LogP contribution < -0.4 is 5.32 Å². The molecule has 0 aliphatic rings. The summed E-state index contributed by atoms with van der Waals surface area (Å²) in [4.78, 5) is 28.9. The predicted molar refractivity (Wildman–Crippen MR) is 148 cm³/mol. The molecule has 3 aromatic carbocycles. The normalized spacial score (nSPS) is 11.7. The van der Waals surface area contributed by atoms with E-state index in [-0.39, 0.29) is 24.8 Å². The molecule has 0 fully saturated rings. The summed E-state index contributed by atoms with van der Waals surface area (Å²) >= 11 is 13.0. The zero-order chi connectivity index (χ0) is 25.9. The summed E-state index contributed by atoms with van der Waals surface area (Å²) in [6, 6.07) is 22.5. The molecule has 6 heteroatoms. The smallest absolute Gasteiger partial charge is 0.243 e. The van der Waals surface area contributed by atoms with Gasteiger partial charge in [-0.25, -0.2) is 0 Å². The van der Waals surface area contributed by atoms with Gasteiger partial charge < -0.3 is 10.2 Å². The Kier molecular flexibility index (Phi) is 10.8. The van der Waals surface area contributed by atoms with E-state index in [0.29, 0.717) is 35.0 Å². The van der Waals surface area contributed by atoms with Crippen molar-refractivity contribution in [1.29, 1.82) is 0 Å². The fourth-order valence-electron chi connectivity index (χ4n) is 4.06. The van der Waals surface area contributed by atoms with Gasteiger partial charge in [-0.15, -0.1) is 0 Å². The lowest BCUT2D eigenvalue weighted by Crippen LogP contribution is -2.50. The maximum absolute atomic E-state index is 13.7. The highest BCUT2D eigenvalue weighted by atomic mass is 35.5. The van der Waals surface area contributed by atoms with Crippen molar-refractivity contribution in [3.05, 3.63) is 105 Å². The molecule has 0 aliphatic heterocycles. The number of carbonyl (C=O) groups is 2. The van der Waals surface area contributed by atoms with Gasteiger partial charge in [-0.3, -0.25) is 9.59 Å². The van der Waals surface area contributed by atoms with Crippen LogP contribution in [0.2, 0.25) is 10.0 Å². The zero-order valence-corrected chi connectivity index (χ0v) is 22.5. The highest BCUT2D eigenvalue weighted by Crippen LogP contribution is 2.27. The zero-order valence-electron chi connectivity index (χ0n) is 21.0. The Bertz CT molecular complexity index is 1110. The Morgan fingerprint density at radius 2 is 1.56 bits per heavy atom. The second kappa shape index (κ2) is 14.1. The topological polar surface area (TPSA) is 49.4 Å². The van der Waals surface area contributed by atoms with Crippen molar-refractivity contribution >= 4 is 35.0 Å². The van der Waals surface area contributed by atoms with Crippen molar-refractivity contribution in [3.8, 4) is 0 Å². The van der Waals surface area contributed by atoms with Crippen molar-refractivity contribution in [3.63, 3.8) is 0 Å². The minimum absolute atomic E-state index is 0.113. The van der Waals surface area contributed by atoms with Crippen LogP contribution in [-0.4, -0.2) is 29.3 Å². The molecule has 190 valence electrons. The van der Waals surface area contributed by atoms with Crippen LogP contribution in [0, 0.1) is 6.92 Å². The number of aryl methyl sites for hydroxylation is 2. The Morgan fingerprint density at radius 1 is 0.889 bits per heavy atom. The van der Waals surface area contributed by atoms with Gasteiger partial charge in [-0.05, 0) is 43.0 Å². The van der Waals surface area contributed by atoms with E-state index in [1.807, 2.05) is 61.5 Å². The lowest BCUT2D eigenvalue weighted by molar-refractivity contribution is -0.141. The molecule has 0 spiro atoms. The largest absolute Gasteiger partial charge is 0.354 e. The minimum Gasteiger partial charge on any atom is -0.354 e. The summed E-state index contributed by atoms with van der Waals surface area (Å²) in [5, 5.41) is 3.99. The van der Waals surface area contributed by atoms with Crippen molar-refractivity contribution in [2.45, 2.75) is 58.5 Å². The summed E-state index contributed by atoms with van der Waals surface area (Å²) < 4.78 is 0. The van der Waals surface area contributed by atoms with E-state index in [9.17, 15) is 9.59 Å². The molecule has 0 heterocycles. The standard InChI is InChI=1S/C30H34Cl2N2O2/c1-3-4-19-33-30(36)28(20-24-9-6-5-7-10-24)34(21-25-26(31)11-8-12-27(25)32)29(35)18-17-23-15-13-22(2)14-16-23/h5-16,28H,3-4,17-21H2,1-2H3,(H,33,36)/t28-/m0/s1. The first-order chi connectivity index (χ1) is 17.4. The number of unbranched alkanes of at least 4 members (excludes halogenated alkanes) is 1. The summed E-state index contributed by atoms with van der Waals surface area (Å²) in [6.07, 6.45) is 3.11. The molecule has 3 rings (SSSR count). The number of hydrogen-bond donors (Lipinski definition) is 1. The number of nitrogens with one attached hydrogen (secondary N) is 1. The van der Waals surface area contributed by atoms with E-state index in [2.05, 4.69) is 12.2 Å². The van der Waals surface area contributed by atoms with Gasteiger partial charge in [0.25, 0.3) is 0 Å². The van der Waals surface area contributed by atoms with Crippen LogP contribution in [0.4, 0.5) is 0 Å². The summed E-state index contributed by atoms with van der Waals surface area (Å²) in [7, 11) is 0. The van der Waals surface area contributed by atoms with Gasteiger partial charge in [-0.1, -0.05) is 103 Å². The molecular formula is C30H34Cl2N2O2. The van der Waals surface area contributed by atoms with Crippen LogP contribution in [0.25, 0.3) is 0 Å². The number of rotatable bonds is 12. The molecule has 3 aromatic rings. The number of amides is 2. The summed E-state index contributed by atoms with van der Waals surface area (Å²) in [6.45, 7) is 4.84. The highest BCUT2D eigenvalue weighted by molar-refractivity contribution is 6.36. The summed E-state index contributed by atoms with van der Waals surface area (Å²) in [5.41, 5.74) is 3.88. The maximum Gasteiger partial charge on any atom is 0.243 e. The van der Waals surface area contributed by atoms with Crippen molar-refractivity contribution in [2.24, 2.45) is 0 Å². The fraction of sp³-hybridized carbons (Fsp3) is 0.333. The van der Waals surface area contributed by atoms with Gasteiger partial charge in [0, 0.05) is 41.5 Å². The lowest BCUT2D eigenvalue weighted by atomic mass is 10.0. The van der Waals surface area contributed by atoms with E-state index in [4.69, 9.17) is 23.2 Å². The van der Waals surface area contributed by atoms with Crippen LogP contribution in [0.1, 0.15) is 48.4 Å². The molecule has 0 bridgehead atoms. The van der Waals surface area contributed by atoms with E-state index in [1.165, 1.54) is 5.56 Å². The van der Waals surface area contributed by atoms with Gasteiger partial charge >= 0.3 is 0 Å². The van der Waals surface area contributed by atoms with Crippen LogP contribution in [0.5, 0.6) is 0 Å². The molecule has 0 unspecified atom stereocenters. The van der Waals surface area contributed by atoms with Crippen molar-refractivity contribution in [2.75, 3.05) is 6.54 Å². The third-order valence-corrected chi connectivity index (χ3v) is 6.95. The second-order valence-electron chi connectivity index (χ2n) is 9.06. The van der Waals surface area contributed by atoms with Crippen LogP contribution >= 0.6 is 23.2 Å². The number of carbonyl (C=O) groups excluding carboxylic acids is 2. The maximum atomic E-state index is 13.7. The third-order valence-electron chi connectivity index (χ3n) is 6.24. The summed E-state index contributed by atoms with van der Waals surface area (Å²) in [5.74, 6) is -0.280. The van der Waals surface area contributed by atoms with Crippen molar-refractivity contribution < 1.29 is 9.59 Å². The Labute approximate surface area is 224 Å². The quantitative estimate of drug-likeness (QED) is 0.265. The minimum atomic E-state index is -0.692. The SMILES string of the molecule is CCCCNC(=O)[C@H](Cc1ccccc1)N(Cc1c(Cl)cccc1Cl)C(=O)CCc1ccc(C)cc1. The number of benzene rings is 3. The van der Waals surface area contributed by atoms with Gasteiger partial charge in [0.1, 0.15) is 6.04 Å². The van der Waals surface area contributed by atoms with Gasteiger partial charge in [0.15, 0.2) is 0 Å². The molecule has 2 amide bonds. The van der Waals surface area contributed by atoms with Crippen LogP contribution in [0.15, 0.2) is 72.8 Å². The molecule has 0 aliphatic carbocycles. The van der Waals surface area contributed by atoms with Crippen molar-refractivity contribution in [1.82, 2.24) is 10.2 Å². The van der Waals surface area contributed by atoms with Gasteiger partial charge in [0.2, 0.25) is 11.8 Å². The first kappa shape index (κ1) is 27.8. The number of nitrogens with zero attached hydrogens (tertiary/aromatic N) is 1. The Balaban J connectivity index is 1.92. The van der Waals surface area contributed by atoms with E-state index < -0.39 is 6.04 Å². The predicted octanol–water partition coefficient (Wildman–Crippen LogP) is 6.79. The van der Waals surface area contributed by atoms with Crippen LogP contribution in [-0.2, 0) is 29.0 Å². The molecule has 4 nitrogen and oxygen atoms in total. The monoisotopic (exact) mass is 524 g/mol. The molecule has 0 aromatic heterocycles. The molecule has 36 heavy (non-hydrogen) atoms. The Hall–Kier alpha value is -2.82. The Morgan fingerprint density at radius 3 is 2.19 bits per heavy atom. The van der Waals surface area contributed by atoms with Gasteiger partial charge in [0.05, 0.1) is 0 Å². The third kappa shape index (κ3) is 8.11. The first-order valence-corrected chi connectivity index (χ1v) is 13.2. The number of hydrogen-bond acceptors (Lipinski definition) is 2. The highest BCUT2D eigenvalue weighted by Gasteiger charge is 2.31. The molecule has 0 radical (unpaired) electrons. The lowest BCUT2D eigenvalue weighted by Gasteiger charge is -2.32. The average Bonchev–Trinajstić information content (AvgIpc) is 2.88. The first-order valence-electron chi connectivity index (χ1n) is 12.5. The molecule has 0 saturated carbocycles. The molecule has 0 saturated heterocycles.